The normalized spacial score (nSPS) is 10.9. The van der Waals surface area contributed by atoms with Crippen LogP contribution in [0, 0.1) is 0 Å². The van der Waals surface area contributed by atoms with E-state index in [1.54, 1.807) is 0 Å². The van der Waals surface area contributed by atoms with Gasteiger partial charge in [0, 0.05) is 5.88 Å². The zero-order valence-corrected chi connectivity index (χ0v) is 11.8. The van der Waals surface area contributed by atoms with Crippen LogP contribution in [0.25, 0.3) is 0 Å². The van der Waals surface area contributed by atoms with Crippen LogP contribution in [0.3, 0.4) is 0 Å². The number of unbranched alkanes of at least 4 members (excludes halogenated alkanes) is 8. The number of halogens is 1. The second kappa shape index (κ2) is 15.2. The van der Waals surface area contributed by atoms with Crippen molar-refractivity contribution in [3.8, 4) is 0 Å². The fraction of sp³-hybridized carbons (Fsp3) is 1.00. The average Bonchev–Trinajstić information content (AvgIpc) is 2.31. The van der Waals surface area contributed by atoms with Gasteiger partial charge >= 0.3 is 0 Å². The van der Waals surface area contributed by atoms with E-state index in [9.17, 15) is 0 Å². The summed E-state index contributed by atoms with van der Waals surface area (Å²) in [7, 11) is 0. The van der Waals surface area contributed by atoms with Crippen LogP contribution in [0.2, 0.25) is 0 Å². The molecule has 0 saturated carbocycles. The van der Waals surface area contributed by atoms with E-state index in [0.29, 0.717) is 0 Å². The summed E-state index contributed by atoms with van der Waals surface area (Å²) in [6.45, 7) is 4.65. The van der Waals surface area contributed by atoms with Crippen molar-refractivity contribution in [3.63, 3.8) is 0 Å². The molecule has 0 heterocycles. The Labute approximate surface area is 107 Å². The molecule has 0 amide bonds. The lowest BCUT2D eigenvalue weighted by Gasteiger charge is -2.04. The van der Waals surface area contributed by atoms with E-state index in [0.717, 1.165) is 5.88 Å². The van der Waals surface area contributed by atoms with E-state index in [-0.39, 0.29) is 0 Å². The molecule has 0 aliphatic carbocycles. The molecule has 0 radical (unpaired) electrons. The molecule has 1 N–H and O–H groups in total. The van der Waals surface area contributed by atoms with Crippen molar-refractivity contribution in [1.82, 2.24) is 5.32 Å². The first-order valence-electron chi connectivity index (χ1n) is 7.18. The summed E-state index contributed by atoms with van der Waals surface area (Å²) < 4.78 is 0. The number of rotatable bonds is 13. The molecule has 0 aliphatic heterocycles. The van der Waals surface area contributed by atoms with Gasteiger partial charge in [0.1, 0.15) is 0 Å². The van der Waals surface area contributed by atoms with Gasteiger partial charge in [0.2, 0.25) is 0 Å². The average molecular weight is 248 g/mol. The van der Waals surface area contributed by atoms with Gasteiger partial charge in [-0.1, -0.05) is 51.9 Å². The predicted molar refractivity (Wildman–Crippen MR) is 75.4 cm³/mol. The highest BCUT2D eigenvalue weighted by atomic mass is 35.5. The lowest BCUT2D eigenvalue weighted by molar-refractivity contribution is 0.551. The molecule has 16 heavy (non-hydrogen) atoms. The summed E-state index contributed by atoms with van der Waals surface area (Å²) in [4.78, 5) is 0. The summed E-state index contributed by atoms with van der Waals surface area (Å²) in [6, 6.07) is 0. The number of nitrogens with one attached hydrogen (secondary N) is 1. The molecule has 1 nitrogen and oxygen atoms in total. The van der Waals surface area contributed by atoms with Gasteiger partial charge in [-0.25, -0.2) is 0 Å². The fourth-order valence-electron chi connectivity index (χ4n) is 1.85. The third-order valence-corrected chi connectivity index (χ3v) is 3.21. The van der Waals surface area contributed by atoms with Crippen molar-refractivity contribution in [2.24, 2.45) is 0 Å². The van der Waals surface area contributed by atoms with Crippen molar-refractivity contribution in [2.45, 2.75) is 71.1 Å². The number of alkyl halides is 1. The quantitative estimate of drug-likeness (QED) is 0.366. The molecular weight excluding hydrogens is 218 g/mol. The fourth-order valence-corrected chi connectivity index (χ4v) is 2.04. The largest absolute Gasteiger partial charge is 0.317 e. The summed E-state index contributed by atoms with van der Waals surface area (Å²) in [5.41, 5.74) is 0. The Morgan fingerprint density at radius 3 is 1.75 bits per heavy atom. The van der Waals surface area contributed by atoms with Crippen LogP contribution < -0.4 is 5.32 Å². The monoisotopic (exact) mass is 247 g/mol. The van der Waals surface area contributed by atoms with E-state index >= 15 is 0 Å². The molecule has 0 bridgehead atoms. The molecular formula is C14H30ClN. The van der Waals surface area contributed by atoms with Gasteiger partial charge in [-0.05, 0) is 32.4 Å². The molecule has 0 saturated heterocycles. The molecule has 0 aliphatic rings. The molecule has 0 spiro atoms. The van der Waals surface area contributed by atoms with Gasteiger partial charge in [-0.3, -0.25) is 0 Å². The Bertz CT molecular complexity index is 103. The second-order valence-electron chi connectivity index (χ2n) is 4.62. The van der Waals surface area contributed by atoms with Crippen LogP contribution in [-0.4, -0.2) is 19.0 Å². The lowest BCUT2D eigenvalue weighted by atomic mass is 10.1. The minimum atomic E-state index is 0.817. The maximum Gasteiger partial charge on any atom is 0.0223 e. The maximum atomic E-state index is 5.61. The Hall–Kier alpha value is 0.250. The molecule has 2 heteroatoms. The van der Waals surface area contributed by atoms with E-state index < -0.39 is 0 Å². The Balaban J connectivity index is 2.83. The topological polar surface area (TPSA) is 12.0 Å². The van der Waals surface area contributed by atoms with Crippen LogP contribution >= 0.6 is 11.6 Å². The van der Waals surface area contributed by atoms with Gasteiger partial charge in [-0.15, -0.1) is 11.6 Å². The van der Waals surface area contributed by atoms with E-state index in [4.69, 9.17) is 11.6 Å². The van der Waals surface area contributed by atoms with Crippen molar-refractivity contribution >= 4 is 11.6 Å². The van der Waals surface area contributed by atoms with E-state index in [2.05, 4.69) is 12.2 Å². The first-order chi connectivity index (χ1) is 7.91. The molecule has 0 unspecified atom stereocenters. The van der Waals surface area contributed by atoms with E-state index in [1.807, 2.05) is 0 Å². The number of hydrogen-bond acceptors (Lipinski definition) is 1. The van der Waals surface area contributed by atoms with Crippen LogP contribution in [0.5, 0.6) is 0 Å². The Morgan fingerprint density at radius 2 is 1.19 bits per heavy atom. The van der Waals surface area contributed by atoms with Crippen molar-refractivity contribution < 1.29 is 0 Å². The van der Waals surface area contributed by atoms with E-state index in [1.165, 1.54) is 77.3 Å². The lowest BCUT2D eigenvalue weighted by Crippen LogP contribution is -2.16. The predicted octanol–water partition coefficient (Wildman–Crippen LogP) is 4.74. The Kier molecular flexibility index (Phi) is 15.5. The minimum Gasteiger partial charge on any atom is -0.317 e. The molecule has 98 valence electrons. The third-order valence-electron chi connectivity index (χ3n) is 2.94. The molecule has 0 fully saturated rings. The van der Waals surface area contributed by atoms with Crippen molar-refractivity contribution in [3.05, 3.63) is 0 Å². The SMILES string of the molecule is CCCCCCCCCNCCCCCCl. The second-order valence-corrected chi connectivity index (χ2v) is 5.00. The maximum absolute atomic E-state index is 5.61. The first-order valence-corrected chi connectivity index (χ1v) is 7.72. The molecule has 0 aromatic carbocycles. The zero-order valence-electron chi connectivity index (χ0n) is 11.1. The van der Waals surface area contributed by atoms with Gasteiger partial charge < -0.3 is 5.32 Å². The summed E-state index contributed by atoms with van der Waals surface area (Å²) in [6.07, 6.45) is 13.5. The smallest absolute Gasteiger partial charge is 0.0223 e. The van der Waals surface area contributed by atoms with Crippen LogP contribution in [0.4, 0.5) is 0 Å². The highest BCUT2D eigenvalue weighted by Gasteiger charge is 1.91. The molecule has 0 rings (SSSR count). The standard InChI is InChI=1S/C14H30ClN/c1-2-3-4-5-6-7-10-13-16-14-11-8-9-12-15/h16H,2-14H2,1H3. The van der Waals surface area contributed by atoms with Crippen molar-refractivity contribution in [1.29, 1.82) is 0 Å². The van der Waals surface area contributed by atoms with Gasteiger partial charge in [-0.2, -0.15) is 0 Å². The summed E-state index contributed by atoms with van der Waals surface area (Å²) >= 11 is 5.61. The molecule has 0 atom stereocenters. The summed E-state index contributed by atoms with van der Waals surface area (Å²) in [5.74, 6) is 0.817. The van der Waals surface area contributed by atoms with Crippen molar-refractivity contribution in [2.75, 3.05) is 19.0 Å². The highest BCUT2D eigenvalue weighted by molar-refractivity contribution is 6.17. The van der Waals surface area contributed by atoms with Crippen LogP contribution in [-0.2, 0) is 0 Å². The first kappa shape index (κ1) is 16.2. The van der Waals surface area contributed by atoms with Crippen LogP contribution in [0.1, 0.15) is 71.1 Å². The Morgan fingerprint density at radius 1 is 0.688 bits per heavy atom. The molecule has 0 aromatic rings. The number of hydrogen-bond donors (Lipinski definition) is 1. The summed E-state index contributed by atoms with van der Waals surface area (Å²) in [5, 5.41) is 3.50. The third kappa shape index (κ3) is 14.2. The van der Waals surface area contributed by atoms with Gasteiger partial charge in [0.15, 0.2) is 0 Å². The zero-order chi connectivity index (χ0) is 11.9. The highest BCUT2D eigenvalue weighted by Crippen LogP contribution is 2.06. The minimum absolute atomic E-state index is 0.817. The van der Waals surface area contributed by atoms with Crippen LogP contribution in [0.15, 0.2) is 0 Å². The molecule has 0 aromatic heterocycles. The van der Waals surface area contributed by atoms with Gasteiger partial charge in [0.25, 0.3) is 0 Å². The van der Waals surface area contributed by atoms with Gasteiger partial charge in [0.05, 0.1) is 0 Å².